The number of amides is 1. The van der Waals surface area contributed by atoms with Crippen LogP contribution in [0.5, 0.6) is 0 Å². The second-order valence-corrected chi connectivity index (χ2v) is 6.66. The molecule has 1 atom stereocenters. The fourth-order valence-corrected chi connectivity index (χ4v) is 3.43. The molecule has 2 aliphatic rings. The Morgan fingerprint density at radius 2 is 2.32 bits per heavy atom. The van der Waals surface area contributed by atoms with Crippen molar-refractivity contribution < 1.29 is 9.53 Å². The summed E-state index contributed by atoms with van der Waals surface area (Å²) in [6.45, 7) is 2.01. The highest BCUT2D eigenvalue weighted by atomic mass is 16.5. The number of carbonyl (C=O) groups excluding carboxylic acids is 1. The van der Waals surface area contributed by atoms with Gasteiger partial charge >= 0.3 is 0 Å². The molecule has 2 aromatic rings. The van der Waals surface area contributed by atoms with Gasteiger partial charge in [0.25, 0.3) is 0 Å². The van der Waals surface area contributed by atoms with Crippen LogP contribution in [0.1, 0.15) is 19.3 Å². The Hall–Kier alpha value is -2.56. The van der Waals surface area contributed by atoms with Gasteiger partial charge in [0.15, 0.2) is 0 Å². The number of nitrogens with zero attached hydrogens (tertiary/aromatic N) is 8. The molecule has 1 saturated carbocycles. The Bertz CT molecular complexity index is 725. The van der Waals surface area contributed by atoms with E-state index in [2.05, 4.69) is 36.1 Å². The van der Waals surface area contributed by atoms with E-state index in [4.69, 9.17) is 4.74 Å². The van der Waals surface area contributed by atoms with Crippen molar-refractivity contribution in [3.05, 3.63) is 12.4 Å². The van der Waals surface area contributed by atoms with E-state index in [1.807, 2.05) is 7.05 Å². The molecule has 25 heavy (non-hydrogen) atoms. The van der Waals surface area contributed by atoms with Crippen molar-refractivity contribution in [2.24, 2.45) is 7.05 Å². The highest BCUT2D eigenvalue weighted by Gasteiger charge is 2.46. The van der Waals surface area contributed by atoms with Gasteiger partial charge in [0, 0.05) is 26.3 Å². The molecule has 1 aliphatic heterocycles. The number of aromatic nitrogens is 7. The number of tetrazole rings is 1. The number of anilines is 1. The van der Waals surface area contributed by atoms with Crippen LogP contribution in [0.4, 0.5) is 5.95 Å². The third kappa shape index (κ3) is 3.31. The fraction of sp³-hybridized carbons (Fsp3) is 0.714. The first-order valence-electron chi connectivity index (χ1n) is 8.39. The van der Waals surface area contributed by atoms with Crippen LogP contribution in [0.15, 0.2) is 12.4 Å². The van der Waals surface area contributed by atoms with Gasteiger partial charge in [-0.2, -0.15) is 0 Å². The van der Waals surface area contributed by atoms with Crippen molar-refractivity contribution >= 4 is 11.9 Å². The molecule has 2 aromatic heterocycles. The number of ether oxygens (including phenoxy) is 1. The number of nitrogens with one attached hydrogen (secondary N) is 1. The van der Waals surface area contributed by atoms with Gasteiger partial charge in [0.05, 0.1) is 24.4 Å². The number of rotatable bonds is 5. The predicted octanol–water partition coefficient (Wildman–Crippen LogP) is -1.25. The monoisotopic (exact) mass is 347 g/mol. The van der Waals surface area contributed by atoms with Gasteiger partial charge in [-0.1, -0.05) is 10.3 Å². The maximum atomic E-state index is 12.1. The SMILES string of the molecule is Cn1nnnc1N1CC(CNC(=O)Cn2ccnn2)OC2(CCC2)C1. The van der Waals surface area contributed by atoms with Crippen LogP contribution >= 0.6 is 0 Å². The molecule has 11 heteroatoms. The maximum absolute atomic E-state index is 12.1. The quantitative estimate of drug-likeness (QED) is 0.713. The minimum absolute atomic E-state index is 0.106. The topological polar surface area (TPSA) is 116 Å². The van der Waals surface area contributed by atoms with Crippen LogP contribution in [-0.2, 0) is 23.1 Å². The van der Waals surface area contributed by atoms with Gasteiger partial charge in [-0.3, -0.25) is 4.79 Å². The standard InChI is InChI=1S/C14H21N9O2/c1-21-13(17-18-20-21)22-8-11(25-14(10-22)3-2-4-14)7-15-12(24)9-23-6-5-16-19-23/h5-6,11H,2-4,7-10H2,1H3,(H,15,24). The summed E-state index contributed by atoms with van der Waals surface area (Å²) in [5.41, 5.74) is -0.147. The zero-order chi connectivity index (χ0) is 17.3. The van der Waals surface area contributed by atoms with Crippen molar-refractivity contribution in [2.45, 2.75) is 37.5 Å². The average molecular weight is 347 g/mol. The second-order valence-electron chi connectivity index (χ2n) is 6.66. The smallest absolute Gasteiger partial charge is 0.245 e. The lowest BCUT2D eigenvalue weighted by molar-refractivity contribution is -0.149. The van der Waals surface area contributed by atoms with Crippen molar-refractivity contribution in [1.29, 1.82) is 0 Å². The molecule has 0 radical (unpaired) electrons. The predicted molar refractivity (Wildman–Crippen MR) is 85.5 cm³/mol. The molecule has 11 nitrogen and oxygen atoms in total. The van der Waals surface area contributed by atoms with E-state index >= 15 is 0 Å². The fourth-order valence-electron chi connectivity index (χ4n) is 3.43. The molecule has 1 N–H and O–H groups in total. The van der Waals surface area contributed by atoms with Gasteiger partial charge in [0.2, 0.25) is 11.9 Å². The number of carbonyl (C=O) groups is 1. The molecule has 1 spiro atoms. The van der Waals surface area contributed by atoms with E-state index < -0.39 is 0 Å². The van der Waals surface area contributed by atoms with Crippen molar-refractivity contribution in [3.8, 4) is 0 Å². The third-order valence-electron chi connectivity index (χ3n) is 4.77. The molecule has 0 bridgehead atoms. The minimum atomic E-state index is -0.147. The lowest BCUT2D eigenvalue weighted by atomic mass is 9.78. The Kier molecular flexibility index (Phi) is 4.07. The lowest BCUT2D eigenvalue weighted by Crippen LogP contribution is -2.61. The first-order valence-corrected chi connectivity index (χ1v) is 8.39. The maximum Gasteiger partial charge on any atom is 0.245 e. The Morgan fingerprint density at radius 1 is 1.44 bits per heavy atom. The van der Waals surface area contributed by atoms with E-state index in [1.165, 1.54) is 4.68 Å². The van der Waals surface area contributed by atoms with Crippen molar-refractivity contribution in [2.75, 3.05) is 24.5 Å². The molecule has 1 aliphatic carbocycles. The summed E-state index contributed by atoms with van der Waals surface area (Å²) < 4.78 is 9.45. The molecule has 0 aromatic carbocycles. The summed E-state index contributed by atoms with van der Waals surface area (Å²) in [4.78, 5) is 14.2. The van der Waals surface area contributed by atoms with Crippen LogP contribution in [-0.4, -0.2) is 72.4 Å². The highest BCUT2D eigenvalue weighted by molar-refractivity contribution is 5.75. The number of morpholine rings is 1. The minimum Gasteiger partial charge on any atom is -0.366 e. The van der Waals surface area contributed by atoms with Crippen LogP contribution in [0.25, 0.3) is 0 Å². The van der Waals surface area contributed by atoms with E-state index in [0.29, 0.717) is 13.1 Å². The summed E-state index contributed by atoms with van der Waals surface area (Å²) in [5.74, 6) is 0.614. The molecular formula is C14H21N9O2. The van der Waals surface area contributed by atoms with Crippen molar-refractivity contribution in [1.82, 2.24) is 40.5 Å². The Morgan fingerprint density at radius 3 is 2.96 bits per heavy atom. The van der Waals surface area contributed by atoms with Gasteiger partial charge in [-0.25, -0.2) is 9.36 Å². The van der Waals surface area contributed by atoms with E-state index in [-0.39, 0.29) is 24.2 Å². The molecule has 1 amide bonds. The van der Waals surface area contributed by atoms with E-state index in [1.54, 1.807) is 17.1 Å². The molecule has 3 heterocycles. The number of hydrogen-bond donors (Lipinski definition) is 1. The highest BCUT2D eigenvalue weighted by Crippen LogP contribution is 2.40. The average Bonchev–Trinajstić information content (AvgIpc) is 3.23. The van der Waals surface area contributed by atoms with Gasteiger partial charge in [-0.15, -0.1) is 5.10 Å². The Balaban J connectivity index is 1.38. The van der Waals surface area contributed by atoms with Gasteiger partial charge in [0.1, 0.15) is 6.54 Å². The second kappa shape index (κ2) is 6.39. The Labute approximate surface area is 144 Å². The van der Waals surface area contributed by atoms with E-state index in [0.717, 1.165) is 31.8 Å². The molecule has 1 unspecified atom stereocenters. The lowest BCUT2D eigenvalue weighted by Gasteiger charge is -2.51. The van der Waals surface area contributed by atoms with Crippen LogP contribution in [0.2, 0.25) is 0 Å². The number of aryl methyl sites for hydroxylation is 1. The van der Waals surface area contributed by atoms with Crippen LogP contribution in [0.3, 0.4) is 0 Å². The zero-order valence-electron chi connectivity index (χ0n) is 14.1. The summed E-state index contributed by atoms with van der Waals surface area (Å²) in [6.07, 6.45) is 6.31. The van der Waals surface area contributed by atoms with Crippen LogP contribution in [0, 0.1) is 0 Å². The molecular weight excluding hydrogens is 326 g/mol. The summed E-state index contributed by atoms with van der Waals surface area (Å²) in [5, 5.41) is 22.1. The molecule has 1 saturated heterocycles. The molecule has 4 rings (SSSR count). The van der Waals surface area contributed by atoms with Gasteiger partial charge in [-0.05, 0) is 29.7 Å². The summed E-state index contributed by atoms with van der Waals surface area (Å²) >= 11 is 0. The summed E-state index contributed by atoms with van der Waals surface area (Å²) in [7, 11) is 1.83. The first kappa shape index (κ1) is 15.9. The first-order chi connectivity index (χ1) is 12.1. The molecule has 2 fully saturated rings. The largest absolute Gasteiger partial charge is 0.366 e. The van der Waals surface area contributed by atoms with Gasteiger partial charge < -0.3 is 15.0 Å². The van der Waals surface area contributed by atoms with Crippen molar-refractivity contribution in [3.63, 3.8) is 0 Å². The van der Waals surface area contributed by atoms with Crippen LogP contribution < -0.4 is 10.2 Å². The molecule has 134 valence electrons. The normalized spacial score (nSPS) is 22.0. The number of hydrogen-bond acceptors (Lipinski definition) is 8. The van der Waals surface area contributed by atoms with E-state index in [9.17, 15) is 4.79 Å². The zero-order valence-corrected chi connectivity index (χ0v) is 14.1. The summed E-state index contributed by atoms with van der Waals surface area (Å²) in [6, 6.07) is 0. The third-order valence-corrected chi connectivity index (χ3v) is 4.77.